The predicted octanol–water partition coefficient (Wildman–Crippen LogP) is 1.86. The summed E-state index contributed by atoms with van der Waals surface area (Å²) in [5.74, 6) is -1.06. The van der Waals surface area contributed by atoms with E-state index in [9.17, 15) is 19.2 Å². The minimum atomic E-state index is -1.05. The van der Waals surface area contributed by atoms with Crippen molar-refractivity contribution >= 4 is 35.5 Å². The van der Waals surface area contributed by atoms with Crippen LogP contribution in [-0.4, -0.2) is 59.3 Å². The second-order valence-corrected chi connectivity index (χ2v) is 8.11. The molecule has 1 N–H and O–H groups in total. The number of hydrogen-bond donors (Lipinski definition) is 1. The van der Waals surface area contributed by atoms with Crippen LogP contribution >= 0.6 is 11.8 Å². The number of nitrogens with zero attached hydrogens (tertiary/aromatic N) is 1. The van der Waals surface area contributed by atoms with Gasteiger partial charge in [-0.15, -0.1) is 0 Å². The smallest absolute Gasteiger partial charge is 0.329 e. The van der Waals surface area contributed by atoms with Crippen LogP contribution < -0.4 is 5.32 Å². The van der Waals surface area contributed by atoms with Gasteiger partial charge >= 0.3 is 5.97 Å². The molecule has 0 bridgehead atoms. The SMILES string of the molecule is CSCC[C@H](C(=O)OCC(=O)N[C@H](C)C1CC1)N1C(=O)c2ccccc2C1=O. The van der Waals surface area contributed by atoms with Crippen molar-refractivity contribution in [3.05, 3.63) is 35.4 Å². The minimum Gasteiger partial charge on any atom is -0.454 e. The van der Waals surface area contributed by atoms with Crippen LogP contribution in [0.5, 0.6) is 0 Å². The lowest BCUT2D eigenvalue weighted by Gasteiger charge is -2.24. The first-order valence-corrected chi connectivity index (χ1v) is 10.7. The molecular weight excluding hydrogens is 380 g/mol. The second kappa shape index (κ2) is 8.77. The average molecular weight is 404 g/mol. The number of carbonyl (C=O) groups excluding carboxylic acids is 4. The third-order valence-corrected chi connectivity index (χ3v) is 5.71. The first kappa shape index (κ1) is 20.4. The van der Waals surface area contributed by atoms with E-state index in [0.29, 0.717) is 11.7 Å². The van der Waals surface area contributed by atoms with Gasteiger partial charge in [-0.2, -0.15) is 11.8 Å². The van der Waals surface area contributed by atoms with E-state index in [0.717, 1.165) is 17.7 Å². The molecule has 1 aliphatic heterocycles. The molecule has 2 aliphatic rings. The van der Waals surface area contributed by atoms with Crippen molar-refractivity contribution in [1.29, 1.82) is 0 Å². The standard InChI is InChI=1S/C20H24N2O5S/c1-12(13-7-8-13)21-17(23)11-27-20(26)16(9-10-28-2)22-18(24)14-5-3-4-6-15(14)19(22)25/h3-6,12-13,16H,7-11H2,1-2H3,(H,21,23)/t12-,16-/m1/s1. The molecule has 0 saturated heterocycles. The lowest BCUT2D eigenvalue weighted by atomic mass is 10.1. The number of thioether (sulfide) groups is 1. The Kier molecular flexibility index (Phi) is 6.39. The van der Waals surface area contributed by atoms with Gasteiger partial charge in [0, 0.05) is 6.04 Å². The van der Waals surface area contributed by atoms with Gasteiger partial charge in [0.1, 0.15) is 6.04 Å². The van der Waals surface area contributed by atoms with E-state index in [-0.39, 0.29) is 29.5 Å². The number of esters is 1. The van der Waals surface area contributed by atoms with Crippen LogP contribution in [-0.2, 0) is 14.3 Å². The molecule has 1 aromatic rings. The lowest BCUT2D eigenvalue weighted by molar-refractivity contribution is -0.152. The molecule has 1 fully saturated rings. The number of fused-ring (bicyclic) bond motifs is 1. The maximum atomic E-state index is 12.7. The van der Waals surface area contributed by atoms with E-state index in [1.54, 1.807) is 24.3 Å². The first-order chi connectivity index (χ1) is 13.4. The predicted molar refractivity (Wildman–Crippen MR) is 105 cm³/mol. The van der Waals surface area contributed by atoms with Gasteiger partial charge in [-0.05, 0) is 56.2 Å². The third-order valence-electron chi connectivity index (χ3n) is 5.07. The van der Waals surface area contributed by atoms with Gasteiger partial charge < -0.3 is 10.1 Å². The number of nitrogens with one attached hydrogen (secondary N) is 1. The Morgan fingerprint density at radius 3 is 2.36 bits per heavy atom. The zero-order chi connectivity index (χ0) is 20.3. The summed E-state index contributed by atoms with van der Waals surface area (Å²) in [4.78, 5) is 51.0. The number of carbonyl (C=O) groups is 4. The van der Waals surface area contributed by atoms with Crippen molar-refractivity contribution in [2.24, 2.45) is 5.92 Å². The van der Waals surface area contributed by atoms with Gasteiger partial charge in [-0.25, -0.2) is 4.79 Å². The summed E-state index contributed by atoms with van der Waals surface area (Å²) >= 11 is 1.50. The van der Waals surface area contributed by atoms with E-state index < -0.39 is 30.4 Å². The number of rotatable bonds is 9. The molecule has 0 spiro atoms. The van der Waals surface area contributed by atoms with E-state index in [2.05, 4.69) is 5.32 Å². The van der Waals surface area contributed by atoms with Crippen LogP contribution in [0.4, 0.5) is 0 Å². The maximum Gasteiger partial charge on any atom is 0.329 e. The molecule has 1 aliphatic carbocycles. The Morgan fingerprint density at radius 1 is 1.21 bits per heavy atom. The summed E-state index contributed by atoms with van der Waals surface area (Å²) in [6.45, 7) is 1.51. The molecule has 28 heavy (non-hydrogen) atoms. The summed E-state index contributed by atoms with van der Waals surface area (Å²) in [6.07, 6.45) is 4.33. The second-order valence-electron chi connectivity index (χ2n) is 7.12. The van der Waals surface area contributed by atoms with E-state index in [1.165, 1.54) is 11.8 Å². The van der Waals surface area contributed by atoms with Crippen molar-refractivity contribution in [2.45, 2.75) is 38.3 Å². The highest BCUT2D eigenvalue weighted by molar-refractivity contribution is 7.98. The number of amides is 3. The molecular formula is C20H24N2O5S. The maximum absolute atomic E-state index is 12.7. The Morgan fingerprint density at radius 2 is 1.82 bits per heavy atom. The summed E-state index contributed by atoms with van der Waals surface area (Å²) in [7, 11) is 0. The van der Waals surface area contributed by atoms with Gasteiger partial charge in [-0.1, -0.05) is 12.1 Å². The van der Waals surface area contributed by atoms with Crippen LogP contribution in [0.1, 0.15) is 46.9 Å². The van der Waals surface area contributed by atoms with Crippen molar-refractivity contribution in [3.63, 3.8) is 0 Å². The first-order valence-electron chi connectivity index (χ1n) is 9.36. The van der Waals surface area contributed by atoms with Crippen molar-refractivity contribution in [2.75, 3.05) is 18.6 Å². The zero-order valence-corrected chi connectivity index (χ0v) is 16.8. The van der Waals surface area contributed by atoms with Crippen LogP contribution in [0.25, 0.3) is 0 Å². The quantitative estimate of drug-likeness (QED) is 0.499. The third kappa shape index (κ3) is 4.38. The molecule has 1 aromatic carbocycles. The molecule has 8 heteroatoms. The van der Waals surface area contributed by atoms with E-state index in [4.69, 9.17) is 4.74 Å². The summed E-state index contributed by atoms with van der Waals surface area (Å²) in [6, 6.07) is 5.49. The number of benzene rings is 1. The highest BCUT2D eigenvalue weighted by Gasteiger charge is 2.43. The molecule has 7 nitrogen and oxygen atoms in total. The molecule has 2 atom stereocenters. The normalized spacial score (nSPS) is 17.9. The van der Waals surface area contributed by atoms with Crippen LogP contribution in [0.15, 0.2) is 24.3 Å². The monoisotopic (exact) mass is 404 g/mol. The van der Waals surface area contributed by atoms with Gasteiger partial charge in [0.05, 0.1) is 11.1 Å². The van der Waals surface area contributed by atoms with Crippen LogP contribution in [0.2, 0.25) is 0 Å². The molecule has 1 saturated carbocycles. The van der Waals surface area contributed by atoms with E-state index >= 15 is 0 Å². The lowest BCUT2D eigenvalue weighted by Crippen LogP contribution is -2.47. The Bertz CT molecular complexity index is 758. The molecule has 0 radical (unpaired) electrons. The van der Waals surface area contributed by atoms with Gasteiger partial charge in [-0.3, -0.25) is 19.3 Å². The van der Waals surface area contributed by atoms with Crippen molar-refractivity contribution in [3.8, 4) is 0 Å². The molecule has 0 unspecified atom stereocenters. The van der Waals surface area contributed by atoms with Crippen LogP contribution in [0, 0.1) is 5.92 Å². The largest absolute Gasteiger partial charge is 0.454 e. The molecule has 3 rings (SSSR count). The van der Waals surface area contributed by atoms with Gasteiger partial charge in [0.15, 0.2) is 6.61 Å². The molecule has 150 valence electrons. The fourth-order valence-corrected chi connectivity index (χ4v) is 3.77. The highest BCUT2D eigenvalue weighted by Crippen LogP contribution is 2.32. The fraction of sp³-hybridized carbons (Fsp3) is 0.500. The highest BCUT2D eigenvalue weighted by atomic mass is 32.2. The zero-order valence-electron chi connectivity index (χ0n) is 16.0. The number of imide groups is 1. The number of hydrogen-bond acceptors (Lipinski definition) is 6. The Labute approximate surface area is 168 Å². The topological polar surface area (TPSA) is 92.8 Å². The van der Waals surface area contributed by atoms with Gasteiger partial charge in [0.2, 0.25) is 0 Å². The van der Waals surface area contributed by atoms with Crippen LogP contribution in [0.3, 0.4) is 0 Å². The van der Waals surface area contributed by atoms with Gasteiger partial charge in [0.25, 0.3) is 17.7 Å². The van der Waals surface area contributed by atoms with E-state index in [1.807, 2.05) is 13.2 Å². The molecule has 1 heterocycles. The minimum absolute atomic E-state index is 0.0507. The molecule has 3 amide bonds. The fourth-order valence-electron chi connectivity index (χ4n) is 3.32. The molecule has 0 aromatic heterocycles. The van der Waals surface area contributed by atoms with Crippen molar-refractivity contribution in [1.82, 2.24) is 10.2 Å². The average Bonchev–Trinajstić information content (AvgIpc) is 3.50. The summed E-state index contributed by atoms with van der Waals surface area (Å²) in [5.41, 5.74) is 0.566. The van der Waals surface area contributed by atoms with Crippen molar-refractivity contribution < 1.29 is 23.9 Å². The number of ether oxygens (including phenoxy) is 1. The Hall–Kier alpha value is -2.35. The summed E-state index contributed by atoms with van der Waals surface area (Å²) in [5, 5.41) is 2.81. The summed E-state index contributed by atoms with van der Waals surface area (Å²) < 4.78 is 5.17. The Balaban J connectivity index is 1.66.